The number of ketones is 1. The normalized spacial score (nSPS) is 11.3. The lowest BCUT2D eigenvalue weighted by Crippen LogP contribution is -1.93. The van der Waals surface area contributed by atoms with Gasteiger partial charge in [-0.15, -0.1) is 0 Å². The van der Waals surface area contributed by atoms with E-state index in [0.717, 1.165) is 12.8 Å². The van der Waals surface area contributed by atoms with Crippen LogP contribution in [0, 0.1) is 0 Å². The minimum absolute atomic E-state index is 0.0375. The maximum atomic E-state index is 11.3. The summed E-state index contributed by atoms with van der Waals surface area (Å²) in [5, 5.41) is 8.55. The lowest BCUT2D eigenvalue weighted by atomic mass is 10.0. The number of aliphatic hydroxyl groups excluding tert-OH is 1. The summed E-state index contributed by atoms with van der Waals surface area (Å²) in [6.07, 6.45) is 19.5. The number of unbranched alkanes of at least 4 members (excludes halogenated alkanes) is 11. The summed E-state index contributed by atoms with van der Waals surface area (Å²) in [5.74, 6) is 0.145. The molecule has 1 N–H and O–H groups in total. The van der Waals surface area contributed by atoms with Crippen molar-refractivity contribution in [3.05, 3.63) is 12.2 Å². The van der Waals surface area contributed by atoms with Gasteiger partial charge in [0.15, 0.2) is 5.78 Å². The van der Waals surface area contributed by atoms with E-state index in [9.17, 15) is 4.79 Å². The number of carbonyl (C=O) groups is 1. The van der Waals surface area contributed by atoms with Gasteiger partial charge in [0.2, 0.25) is 0 Å². The maximum absolute atomic E-state index is 11.3. The third-order valence-corrected chi connectivity index (χ3v) is 3.69. The van der Waals surface area contributed by atoms with Gasteiger partial charge in [-0.3, -0.25) is 4.79 Å². The molecule has 0 rings (SSSR count). The summed E-state index contributed by atoms with van der Waals surface area (Å²) in [5.41, 5.74) is 0. The van der Waals surface area contributed by atoms with Crippen LogP contribution in [0.1, 0.15) is 90.4 Å². The molecule has 0 aromatic rings. The van der Waals surface area contributed by atoms with Crippen molar-refractivity contribution in [3.8, 4) is 0 Å². The van der Waals surface area contributed by atoms with Crippen molar-refractivity contribution in [1.82, 2.24) is 0 Å². The van der Waals surface area contributed by atoms with E-state index in [0.29, 0.717) is 6.42 Å². The van der Waals surface area contributed by atoms with Crippen LogP contribution in [0.4, 0.5) is 0 Å². The standard InChI is InChI=1S/C18H34O2/c1-2-3-4-5-6-7-8-9-10-11-12-13-15-18(20)16-14-17-19/h14,16,19H,2-13,15,17H2,1H3/b16-14+. The average molecular weight is 282 g/mol. The number of hydrogen-bond acceptors (Lipinski definition) is 2. The molecule has 0 bridgehead atoms. The fourth-order valence-corrected chi connectivity index (χ4v) is 2.41. The maximum Gasteiger partial charge on any atom is 0.155 e. The van der Waals surface area contributed by atoms with Crippen molar-refractivity contribution < 1.29 is 9.90 Å². The molecule has 0 unspecified atom stereocenters. The third-order valence-electron chi connectivity index (χ3n) is 3.69. The Morgan fingerprint density at radius 1 is 0.800 bits per heavy atom. The van der Waals surface area contributed by atoms with Gasteiger partial charge in [0.1, 0.15) is 0 Å². The van der Waals surface area contributed by atoms with E-state index in [-0.39, 0.29) is 12.4 Å². The van der Waals surface area contributed by atoms with Crippen LogP contribution >= 0.6 is 0 Å². The number of aliphatic hydroxyl groups is 1. The molecule has 20 heavy (non-hydrogen) atoms. The third kappa shape index (κ3) is 15.4. The fourth-order valence-electron chi connectivity index (χ4n) is 2.41. The molecule has 0 fully saturated rings. The van der Waals surface area contributed by atoms with Gasteiger partial charge in [-0.25, -0.2) is 0 Å². The molecule has 0 atom stereocenters. The second-order valence-corrected chi connectivity index (χ2v) is 5.69. The van der Waals surface area contributed by atoms with Gasteiger partial charge in [0, 0.05) is 6.42 Å². The first-order valence-corrected chi connectivity index (χ1v) is 8.61. The Bertz CT molecular complexity index is 234. The molecule has 0 aliphatic heterocycles. The lowest BCUT2D eigenvalue weighted by molar-refractivity contribution is -0.114. The van der Waals surface area contributed by atoms with Gasteiger partial charge >= 0.3 is 0 Å². The van der Waals surface area contributed by atoms with Crippen LogP contribution in [0.15, 0.2) is 12.2 Å². The zero-order valence-corrected chi connectivity index (χ0v) is 13.4. The van der Waals surface area contributed by atoms with Gasteiger partial charge in [-0.2, -0.15) is 0 Å². The summed E-state index contributed by atoms with van der Waals surface area (Å²) < 4.78 is 0. The highest BCUT2D eigenvalue weighted by Crippen LogP contribution is 2.12. The highest BCUT2D eigenvalue weighted by atomic mass is 16.2. The van der Waals surface area contributed by atoms with E-state index in [4.69, 9.17) is 5.11 Å². The highest BCUT2D eigenvalue weighted by Gasteiger charge is 1.97. The molecule has 0 saturated carbocycles. The molecular formula is C18H34O2. The number of carbonyl (C=O) groups excluding carboxylic acids is 1. The Hall–Kier alpha value is -0.630. The highest BCUT2D eigenvalue weighted by molar-refractivity contribution is 5.89. The molecule has 0 radical (unpaired) electrons. The van der Waals surface area contributed by atoms with Gasteiger partial charge in [0.05, 0.1) is 6.61 Å². The SMILES string of the molecule is CCCCCCCCCCCCCCC(=O)/C=C/CO. The van der Waals surface area contributed by atoms with E-state index in [1.165, 1.54) is 76.4 Å². The van der Waals surface area contributed by atoms with Crippen molar-refractivity contribution in [2.45, 2.75) is 90.4 Å². The van der Waals surface area contributed by atoms with Gasteiger partial charge < -0.3 is 5.11 Å². The summed E-state index contributed by atoms with van der Waals surface area (Å²) in [6, 6.07) is 0. The zero-order chi connectivity index (χ0) is 14.9. The fraction of sp³-hybridized carbons (Fsp3) is 0.833. The number of allylic oxidation sites excluding steroid dienone is 1. The molecule has 0 aliphatic carbocycles. The van der Waals surface area contributed by atoms with E-state index in [1.807, 2.05) is 0 Å². The zero-order valence-electron chi connectivity index (χ0n) is 13.4. The van der Waals surface area contributed by atoms with Crippen LogP contribution in [-0.4, -0.2) is 17.5 Å². The Balaban J connectivity index is 3.09. The van der Waals surface area contributed by atoms with Crippen LogP contribution in [0.5, 0.6) is 0 Å². The van der Waals surface area contributed by atoms with E-state index in [1.54, 1.807) is 0 Å². The summed E-state index contributed by atoms with van der Waals surface area (Å²) in [4.78, 5) is 11.3. The Morgan fingerprint density at radius 2 is 1.25 bits per heavy atom. The summed E-state index contributed by atoms with van der Waals surface area (Å²) >= 11 is 0. The summed E-state index contributed by atoms with van der Waals surface area (Å²) in [7, 11) is 0. The van der Waals surface area contributed by atoms with Crippen molar-refractivity contribution >= 4 is 5.78 Å². The van der Waals surface area contributed by atoms with Crippen LogP contribution in [0.3, 0.4) is 0 Å². The monoisotopic (exact) mass is 282 g/mol. The average Bonchev–Trinajstić information content (AvgIpc) is 2.46. The number of rotatable bonds is 15. The van der Waals surface area contributed by atoms with E-state index >= 15 is 0 Å². The topological polar surface area (TPSA) is 37.3 Å². The van der Waals surface area contributed by atoms with Gasteiger partial charge in [0.25, 0.3) is 0 Å². The van der Waals surface area contributed by atoms with Crippen LogP contribution in [0.2, 0.25) is 0 Å². The van der Waals surface area contributed by atoms with Gasteiger partial charge in [-0.05, 0) is 12.5 Å². The van der Waals surface area contributed by atoms with Crippen molar-refractivity contribution in [2.24, 2.45) is 0 Å². The second kappa shape index (κ2) is 16.4. The minimum atomic E-state index is -0.0375. The molecule has 0 spiro atoms. The van der Waals surface area contributed by atoms with Crippen LogP contribution in [0.25, 0.3) is 0 Å². The van der Waals surface area contributed by atoms with Crippen LogP contribution in [-0.2, 0) is 4.79 Å². The molecule has 0 aromatic carbocycles. The smallest absolute Gasteiger partial charge is 0.155 e. The molecule has 0 heterocycles. The second-order valence-electron chi connectivity index (χ2n) is 5.69. The molecule has 118 valence electrons. The summed E-state index contributed by atoms with van der Waals surface area (Å²) in [6.45, 7) is 2.22. The molecule has 0 amide bonds. The molecule has 0 saturated heterocycles. The first-order valence-electron chi connectivity index (χ1n) is 8.61. The molecule has 0 aliphatic rings. The largest absolute Gasteiger partial charge is 0.392 e. The molecule has 2 heteroatoms. The predicted octanol–water partition coefficient (Wildman–Crippen LogP) is 5.20. The first-order chi connectivity index (χ1) is 9.81. The molecular weight excluding hydrogens is 248 g/mol. The first kappa shape index (κ1) is 19.4. The predicted molar refractivity (Wildman–Crippen MR) is 86.9 cm³/mol. The van der Waals surface area contributed by atoms with Gasteiger partial charge in [-0.1, -0.05) is 83.6 Å². The van der Waals surface area contributed by atoms with Crippen molar-refractivity contribution in [1.29, 1.82) is 0 Å². The van der Waals surface area contributed by atoms with E-state index in [2.05, 4.69) is 6.92 Å². The van der Waals surface area contributed by atoms with Crippen LogP contribution < -0.4 is 0 Å². The Morgan fingerprint density at radius 3 is 1.70 bits per heavy atom. The molecule has 0 aromatic heterocycles. The van der Waals surface area contributed by atoms with Crippen molar-refractivity contribution in [3.63, 3.8) is 0 Å². The lowest BCUT2D eigenvalue weighted by Gasteiger charge is -2.02. The quantitative estimate of drug-likeness (QED) is 0.331. The Kier molecular flexibility index (Phi) is 15.9. The number of hydrogen-bond donors (Lipinski definition) is 1. The van der Waals surface area contributed by atoms with Crippen molar-refractivity contribution in [2.75, 3.05) is 6.61 Å². The molecule has 2 nitrogen and oxygen atoms in total. The van der Waals surface area contributed by atoms with E-state index < -0.39 is 0 Å². The minimum Gasteiger partial charge on any atom is -0.392 e. The Labute approximate surface area is 125 Å².